The third-order valence-corrected chi connectivity index (χ3v) is 4.85. The summed E-state index contributed by atoms with van der Waals surface area (Å²) in [6.07, 6.45) is 6.12. The Morgan fingerprint density at radius 1 is 0.850 bits per heavy atom. The highest BCUT2D eigenvalue weighted by Crippen LogP contribution is 2.30. The van der Waals surface area contributed by atoms with Crippen molar-refractivity contribution in [3.8, 4) is 0 Å². The average molecular weight is 280 g/mol. The average Bonchev–Trinajstić information content (AvgIpc) is 3.18. The highest BCUT2D eigenvalue weighted by atomic mass is 16.5. The van der Waals surface area contributed by atoms with Gasteiger partial charge in [-0.3, -0.25) is 9.59 Å². The molecule has 2 amide bonds. The largest absolute Gasteiger partial charge is 0.378 e. The van der Waals surface area contributed by atoms with Crippen LogP contribution in [0.3, 0.4) is 0 Å². The molecule has 3 aliphatic rings. The Labute approximate surface area is 120 Å². The minimum Gasteiger partial charge on any atom is -0.378 e. The highest BCUT2D eigenvalue weighted by molar-refractivity contribution is 5.89. The van der Waals surface area contributed by atoms with Crippen LogP contribution in [0, 0.1) is 5.92 Å². The first-order chi connectivity index (χ1) is 9.77. The Hall–Kier alpha value is -1.10. The molecule has 0 spiro atoms. The molecule has 1 atom stereocenters. The first kappa shape index (κ1) is 13.9. The van der Waals surface area contributed by atoms with Crippen molar-refractivity contribution in [2.75, 3.05) is 32.8 Å². The summed E-state index contributed by atoms with van der Waals surface area (Å²) in [5, 5.41) is 0. The van der Waals surface area contributed by atoms with Gasteiger partial charge in [0.05, 0.1) is 13.2 Å². The van der Waals surface area contributed by atoms with Crippen molar-refractivity contribution >= 4 is 11.8 Å². The summed E-state index contributed by atoms with van der Waals surface area (Å²) in [6, 6.07) is -0.207. The molecule has 1 aliphatic carbocycles. The van der Waals surface area contributed by atoms with Gasteiger partial charge in [-0.15, -0.1) is 0 Å². The first-order valence-corrected chi connectivity index (χ1v) is 7.94. The maximum atomic E-state index is 12.6. The molecule has 0 aromatic rings. The van der Waals surface area contributed by atoms with Gasteiger partial charge in [0.15, 0.2) is 0 Å². The molecule has 3 rings (SSSR count). The highest BCUT2D eigenvalue weighted by Gasteiger charge is 2.39. The van der Waals surface area contributed by atoms with Crippen LogP contribution in [0.1, 0.15) is 38.5 Å². The molecule has 0 N–H and O–H groups in total. The molecule has 2 heterocycles. The summed E-state index contributed by atoms with van der Waals surface area (Å²) < 4.78 is 5.29. The maximum Gasteiger partial charge on any atom is 0.245 e. The van der Waals surface area contributed by atoms with Crippen molar-refractivity contribution in [1.82, 2.24) is 9.80 Å². The van der Waals surface area contributed by atoms with E-state index in [0.717, 1.165) is 45.1 Å². The summed E-state index contributed by atoms with van der Waals surface area (Å²) in [5.74, 6) is 0.539. The number of ether oxygens (including phenoxy) is 1. The summed E-state index contributed by atoms with van der Waals surface area (Å²) in [5.41, 5.74) is 0. The van der Waals surface area contributed by atoms with Gasteiger partial charge in [-0.05, 0) is 25.7 Å². The lowest BCUT2D eigenvalue weighted by molar-refractivity contribution is -0.148. The van der Waals surface area contributed by atoms with E-state index in [-0.39, 0.29) is 23.8 Å². The smallest absolute Gasteiger partial charge is 0.245 e. The van der Waals surface area contributed by atoms with Gasteiger partial charge in [0.25, 0.3) is 0 Å². The number of morpholine rings is 1. The van der Waals surface area contributed by atoms with Crippen LogP contribution in [0.5, 0.6) is 0 Å². The summed E-state index contributed by atoms with van der Waals surface area (Å²) in [4.78, 5) is 28.9. The zero-order valence-corrected chi connectivity index (χ0v) is 12.1. The number of carbonyl (C=O) groups excluding carboxylic acids is 2. The molecular weight excluding hydrogens is 256 g/mol. The molecule has 0 radical (unpaired) electrons. The second kappa shape index (κ2) is 6.12. The van der Waals surface area contributed by atoms with Crippen LogP contribution in [0.15, 0.2) is 0 Å². The predicted octanol–water partition coefficient (Wildman–Crippen LogP) is 1.03. The number of amides is 2. The molecule has 3 fully saturated rings. The molecule has 0 aromatic heterocycles. The zero-order chi connectivity index (χ0) is 13.9. The van der Waals surface area contributed by atoms with E-state index < -0.39 is 0 Å². The quantitative estimate of drug-likeness (QED) is 0.759. The Balaban J connectivity index is 1.65. The van der Waals surface area contributed by atoms with Gasteiger partial charge in [0, 0.05) is 25.6 Å². The zero-order valence-electron chi connectivity index (χ0n) is 12.1. The van der Waals surface area contributed by atoms with Crippen LogP contribution in [-0.2, 0) is 14.3 Å². The van der Waals surface area contributed by atoms with E-state index in [1.807, 2.05) is 9.80 Å². The van der Waals surface area contributed by atoms with Gasteiger partial charge in [0.1, 0.15) is 6.04 Å². The van der Waals surface area contributed by atoms with Gasteiger partial charge >= 0.3 is 0 Å². The standard InChI is InChI=1S/C15H24N2O3/c18-14(12-4-1-2-5-12)17-7-3-6-13(17)15(19)16-8-10-20-11-9-16/h12-13H,1-11H2. The van der Waals surface area contributed by atoms with Crippen LogP contribution >= 0.6 is 0 Å². The summed E-state index contributed by atoms with van der Waals surface area (Å²) >= 11 is 0. The van der Waals surface area contributed by atoms with E-state index in [1.54, 1.807) is 0 Å². The molecule has 0 bridgehead atoms. The van der Waals surface area contributed by atoms with Gasteiger partial charge < -0.3 is 14.5 Å². The second-order valence-corrected chi connectivity index (χ2v) is 6.11. The van der Waals surface area contributed by atoms with Gasteiger partial charge in [-0.25, -0.2) is 0 Å². The fourth-order valence-electron chi connectivity index (χ4n) is 3.69. The molecule has 2 aliphatic heterocycles. The number of rotatable bonds is 2. The van der Waals surface area contributed by atoms with Gasteiger partial charge in [0.2, 0.25) is 11.8 Å². The molecule has 2 saturated heterocycles. The molecule has 112 valence electrons. The number of carbonyl (C=O) groups is 2. The van der Waals surface area contributed by atoms with Crippen molar-refractivity contribution in [1.29, 1.82) is 0 Å². The van der Waals surface area contributed by atoms with Crippen molar-refractivity contribution in [3.63, 3.8) is 0 Å². The predicted molar refractivity (Wildman–Crippen MR) is 74.1 cm³/mol. The second-order valence-electron chi connectivity index (χ2n) is 6.11. The Morgan fingerprint density at radius 3 is 2.25 bits per heavy atom. The topological polar surface area (TPSA) is 49.9 Å². The molecule has 5 heteroatoms. The van der Waals surface area contributed by atoms with E-state index in [0.29, 0.717) is 26.3 Å². The maximum absolute atomic E-state index is 12.6. The van der Waals surface area contributed by atoms with Crippen molar-refractivity contribution in [2.24, 2.45) is 5.92 Å². The lowest BCUT2D eigenvalue weighted by Crippen LogP contribution is -2.51. The van der Waals surface area contributed by atoms with Crippen LogP contribution < -0.4 is 0 Å². The number of nitrogens with zero attached hydrogens (tertiary/aromatic N) is 2. The third-order valence-electron chi connectivity index (χ3n) is 4.85. The molecule has 1 unspecified atom stereocenters. The third kappa shape index (κ3) is 2.68. The lowest BCUT2D eigenvalue weighted by Gasteiger charge is -2.33. The number of hydrogen-bond donors (Lipinski definition) is 0. The summed E-state index contributed by atoms with van der Waals surface area (Å²) in [7, 11) is 0. The Morgan fingerprint density at radius 2 is 1.55 bits per heavy atom. The number of likely N-dealkylation sites (tertiary alicyclic amines) is 1. The van der Waals surface area contributed by atoms with E-state index in [9.17, 15) is 9.59 Å². The monoisotopic (exact) mass is 280 g/mol. The van der Waals surface area contributed by atoms with Crippen LogP contribution in [0.2, 0.25) is 0 Å². The molecule has 1 saturated carbocycles. The molecular formula is C15H24N2O3. The first-order valence-electron chi connectivity index (χ1n) is 7.94. The normalized spacial score (nSPS) is 28.1. The summed E-state index contributed by atoms with van der Waals surface area (Å²) in [6.45, 7) is 3.34. The fourth-order valence-corrected chi connectivity index (χ4v) is 3.69. The minimum absolute atomic E-state index is 0.136. The van der Waals surface area contributed by atoms with Crippen LogP contribution in [0.25, 0.3) is 0 Å². The number of hydrogen-bond acceptors (Lipinski definition) is 3. The van der Waals surface area contributed by atoms with E-state index >= 15 is 0 Å². The van der Waals surface area contributed by atoms with Gasteiger partial charge in [-0.2, -0.15) is 0 Å². The SMILES string of the molecule is O=C(C1CCCN1C(=O)C1CCCC1)N1CCOCC1. The van der Waals surface area contributed by atoms with E-state index in [1.165, 1.54) is 0 Å². The Bertz CT molecular complexity index is 373. The van der Waals surface area contributed by atoms with Gasteiger partial charge in [-0.1, -0.05) is 12.8 Å². The van der Waals surface area contributed by atoms with Crippen molar-refractivity contribution < 1.29 is 14.3 Å². The Kier molecular flexibility index (Phi) is 4.24. The molecule has 5 nitrogen and oxygen atoms in total. The molecule has 0 aromatic carbocycles. The minimum atomic E-state index is -0.207. The fraction of sp³-hybridized carbons (Fsp3) is 0.867. The van der Waals surface area contributed by atoms with E-state index in [2.05, 4.69) is 0 Å². The lowest BCUT2D eigenvalue weighted by atomic mass is 10.1. The van der Waals surface area contributed by atoms with Crippen molar-refractivity contribution in [2.45, 2.75) is 44.6 Å². The van der Waals surface area contributed by atoms with Crippen LogP contribution in [0.4, 0.5) is 0 Å². The van der Waals surface area contributed by atoms with E-state index in [4.69, 9.17) is 4.74 Å². The van der Waals surface area contributed by atoms with Crippen LogP contribution in [-0.4, -0.2) is 60.5 Å². The molecule has 20 heavy (non-hydrogen) atoms. The van der Waals surface area contributed by atoms with Crippen molar-refractivity contribution in [3.05, 3.63) is 0 Å².